The quantitative estimate of drug-likeness (QED) is 0.774. The van der Waals surface area contributed by atoms with Gasteiger partial charge in [0.2, 0.25) is 5.91 Å². The zero-order valence-electron chi connectivity index (χ0n) is 12.5. The number of hydrogen-bond acceptors (Lipinski definition) is 3. The lowest BCUT2D eigenvalue weighted by molar-refractivity contribution is -0.115. The lowest BCUT2D eigenvalue weighted by Gasteiger charge is -2.14. The summed E-state index contributed by atoms with van der Waals surface area (Å²) < 4.78 is 0. The highest BCUT2D eigenvalue weighted by Gasteiger charge is 2.17. The second-order valence-electron chi connectivity index (χ2n) is 5.00. The van der Waals surface area contributed by atoms with Gasteiger partial charge in [0, 0.05) is 11.1 Å². The van der Waals surface area contributed by atoms with Crippen LogP contribution in [0.4, 0.5) is 5.82 Å². The summed E-state index contributed by atoms with van der Waals surface area (Å²) in [6.07, 6.45) is 1.45. The van der Waals surface area contributed by atoms with Crippen molar-refractivity contribution in [2.45, 2.75) is 30.9 Å². The highest BCUT2D eigenvalue weighted by Crippen LogP contribution is 2.29. The standard InChI is InChI=1S/C16H16Cl2N2OS/c1-9-4-5-14(10(2)6-9)22-11(3)16(21)20-15-13(18)7-12(17)8-19-15/h4-8,11H,1-3H3,(H,19,20,21). The third kappa shape index (κ3) is 4.38. The van der Waals surface area contributed by atoms with Crippen molar-refractivity contribution < 1.29 is 4.79 Å². The van der Waals surface area contributed by atoms with Crippen LogP contribution in [-0.4, -0.2) is 16.1 Å². The Balaban J connectivity index is 2.05. The van der Waals surface area contributed by atoms with E-state index in [4.69, 9.17) is 23.2 Å². The zero-order valence-corrected chi connectivity index (χ0v) is 14.8. The van der Waals surface area contributed by atoms with E-state index in [0.29, 0.717) is 15.9 Å². The zero-order chi connectivity index (χ0) is 16.3. The highest BCUT2D eigenvalue weighted by atomic mass is 35.5. The molecule has 1 N–H and O–H groups in total. The van der Waals surface area contributed by atoms with E-state index in [1.807, 2.05) is 32.9 Å². The second kappa shape index (κ2) is 7.36. The number of anilines is 1. The van der Waals surface area contributed by atoms with Gasteiger partial charge in [0.1, 0.15) is 0 Å². The van der Waals surface area contributed by atoms with Gasteiger partial charge in [-0.1, -0.05) is 40.9 Å². The number of carbonyl (C=O) groups is 1. The number of carbonyl (C=O) groups excluding carboxylic acids is 1. The Morgan fingerprint density at radius 3 is 2.64 bits per heavy atom. The van der Waals surface area contributed by atoms with E-state index in [1.54, 1.807) is 6.07 Å². The molecule has 2 aromatic rings. The summed E-state index contributed by atoms with van der Waals surface area (Å²) in [5.41, 5.74) is 2.36. The van der Waals surface area contributed by atoms with Crippen molar-refractivity contribution in [2.75, 3.05) is 5.32 Å². The molecular weight excluding hydrogens is 339 g/mol. The van der Waals surface area contributed by atoms with E-state index >= 15 is 0 Å². The molecule has 0 aliphatic rings. The smallest absolute Gasteiger partial charge is 0.238 e. The van der Waals surface area contributed by atoms with Crippen molar-refractivity contribution in [3.05, 3.63) is 51.6 Å². The molecule has 0 saturated carbocycles. The summed E-state index contributed by atoms with van der Waals surface area (Å²) >= 11 is 13.3. The van der Waals surface area contributed by atoms with Gasteiger partial charge in [-0.05, 0) is 38.5 Å². The SMILES string of the molecule is Cc1ccc(SC(C)C(=O)Nc2ncc(Cl)cc2Cl)c(C)c1. The fourth-order valence-corrected chi connectivity index (χ4v) is 3.27. The van der Waals surface area contributed by atoms with Gasteiger partial charge in [-0.15, -0.1) is 11.8 Å². The Kier molecular flexibility index (Phi) is 5.73. The maximum atomic E-state index is 12.3. The second-order valence-corrected chi connectivity index (χ2v) is 7.23. The van der Waals surface area contributed by atoms with Crippen LogP contribution in [0.3, 0.4) is 0 Å². The first-order chi connectivity index (χ1) is 10.4. The summed E-state index contributed by atoms with van der Waals surface area (Å²) in [6.45, 7) is 5.94. The van der Waals surface area contributed by atoms with Gasteiger partial charge >= 0.3 is 0 Å². The Hall–Kier alpha value is -1.23. The van der Waals surface area contributed by atoms with Gasteiger partial charge in [-0.25, -0.2) is 4.98 Å². The van der Waals surface area contributed by atoms with Crippen LogP contribution in [0.5, 0.6) is 0 Å². The summed E-state index contributed by atoms with van der Waals surface area (Å²) in [5, 5.41) is 3.21. The summed E-state index contributed by atoms with van der Waals surface area (Å²) in [7, 11) is 0. The third-order valence-corrected chi connectivity index (χ3v) is 4.83. The average Bonchev–Trinajstić information content (AvgIpc) is 2.44. The fraction of sp³-hybridized carbons (Fsp3) is 0.250. The van der Waals surface area contributed by atoms with Crippen LogP contribution in [0.1, 0.15) is 18.1 Å². The largest absolute Gasteiger partial charge is 0.308 e. The maximum absolute atomic E-state index is 12.3. The van der Waals surface area contributed by atoms with Crippen molar-refractivity contribution in [2.24, 2.45) is 0 Å². The number of halogens is 2. The molecule has 1 unspecified atom stereocenters. The molecule has 0 bridgehead atoms. The monoisotopic (exact) mass is 354 g/mol. The predicted molar refractivity (Wildman–Crippen MR) is 94.1 cm³/mol. The minimum atomic E-state index is -0.269. The lowest BCUT2D eigenvalue weighted by atomic mass is 10.2. The molecule has 0 aliphatic carbocycles. The van der Waals surface area contributed by atoms with Crippen LogP contribution in [0.15, 0.2) is 35.4 Å². The molecule has 1 atom stereocenters. The Labute approximate surface area is 144 Å². The van der Waals surface area contributed by atoms with Crippen molar-refractivity contribution in [3.8, 4) is 0 Å². The van der Waals surface area contributed by atoms with Crippen LogP contribution in [0, 0.1) is 13.8 Å². The molecule has 6 heteroatoms. The fourth-order valence-electron chi connectivity index (χ4n) is 1.90. The number of pyridine rings is 1. The number of nitrogens with one attached hydrogen (secondary N) is 1. The van der Waals surface area contributed by atoms with Gasteiger partial charge < -0.3 is 5.32 Å². The van der Waals surface area contributed by atoms with E-state index in [-0.39, 0.29) is 11.2 Å². The van der Waals surface area contributed by atoms with Crippen LogP contribution < -0.4 is 5.32 Å². The molecule has 0 spiro atoms. The van der Waals surface area contributed by atoms with Crippen molar-refractivity contribution >= 4 is 46.7 Å². The highest BCUT2D eigenvalue weighted by molar-refractivity contribution is 8.00. The Morgan fingerprint density at radius 2 is 2.00 bits per heavy atom. The van der Waals surface area contributed by atoms with Crippen LogP contribution in [0.2, 0.25) is 10.0 Å². The first-order valence-electron chi connectivity index (χ1n) is 6.72. The van der Waals surface area contributed by atoms with Crippen LogP contribution in [0.25, 0.3) is 0 Å². The minimum Gasteiger partial charge on any atom is -0.308 e. The van der Waals surface area contributed by atoms with E-state index in [0.717, 1.165) is 10.5 Å². The number of aryl methyl sites for hydroxylation is 2. The first-order valence-corrected chi connectivity index (χ1v) is 8.36. The Morgan fingerprint density at radius 1 is 1.27 bits per heavy atom. The van der Waals surface area contributed by atoms with Gasteiger partial charge in [0.15, 0.2) is 5.82 Å². The molecule has 1 amide bonds. The van der Waals surface area contributed by atoms with E-state index in [9.17, 15) is 4.79 Å². The predicted octanol–water partition coefficient (Wildman–Crippen LogP) is 5.12. The van der Waals surface area contributed by atoms with Crippen LogP contribution in [-0.2, 0) is 4.79 Å². The summed E-state index contributed by atoms with van der Waals surface area (Å²) in [4.78, 5) is 17.4. The molecule has 0 aliphatic heterocycles. The van der Waals surface area contributed by atoms with Gasteiger partial charge in [-0.2, -0.15) is 0 Å². The number of rotatable bonds is 4. The molecule has 0 radical (unpaired) electrons. The molecular formula is C16H16Cl2N2OS. The number of amides is 1. The molecule has 0 saturated heterocycles. The number of aromatic nitrogens is 1. The minimum absolute atomic E-state index is 0.151. The molecule has 1 aromatic heterocycles. The topological polar surface area (TPSA) is 42.0 Å². The Bertz CT molecular complexity index is 707. The summed E-state index contributed by atoms with van der Waals surface area (Å²) in [6, 6.07) is 7.72. The van der Waals surface area contributed by atoms with E-state index < -0.39 is 0 Å². The first kappa shape index (κ1) is 17.1. The van der Waals surface area contributed by atoms with Gasteiger partial charge in [-0.3, -0.25) is 4.79 Å². The molecule has 1 heterocycles. The lowest BCUT2D eigenvalue weighted by Crippen LogP contribution is -2.23. The van der Waals surface area contributed by atoms with E-state index in [2.05, 4.69) is 16.4 Å². The number of hydrogen-bond donors (Lipinski definition) is 1. The normalized spacial score (nSPS) is 12.0. The molecule has 116 valence electrons. The molecule has 0 fully saturated rings. The van der Waals surface area contributed by atoms with Crippen LogP contribution >= 0.6 is 35.0 Å². The number of thioether (sulfide) groups is 1. The molecule has 22 heavy (non-hydrogen) atoms. The van der Waals surface area contributed by atoms with E-state index in [1.165, 1.54) is 23.5 Å². The summed E-state index contributed by atoms with van der Waals surface area (Å²) in [5.74, 6) is 0.172. The molecule has 2 rings (SSSR count). The van der Waals surface area contributed by atoms with Gasteiger partial charge in [0.05, 0.1) is 15.3 Å². The number of benzene rings is 1. The molecule has 3 nitrogen and oxygen atoms in total. The molecule has 1 aromatic carbocycles. The third-order valence-electron chi connectivity index (χ3n) is 3.05. The maximum Gasteiger partial charge on any atom is 0.238 e. The van der Waals surface area contributed by atoms with Crippen molar-refractivity contribution in [1.82, 2.24) is 4.98 Å². The van der Waals surface area contributed by atoms with Crippen molar-refractivity contribution in [1.29, 1.82) is 0 Å². The van der Waals surface area contributed by atoms with Gasteiger partial charge in [0.25, 0.3) is 0 Å². The average molecular weight is 355 g/mol. The van der Waals surface area contributed by atoms with Crippen molar-refractivity contribution in [3.63, 3.8) is 0 Å². The number of nitrogens with zero attached hydrogens (tertiary/aromatic N) is 1.